The smallest absolute Gasteiger partial charge is 0.0751 e. The van der Waals surface area contributed by atoms with Crippen molar-refractivity contribution in [3.8, 4) is 0 Å². The first kappa shape index (κ1) is 19.9. The fourth-order valence-corrected chi connectivity index (χ4v) is 9.59. The molecule has 0 spiro atoms. The number of hydrogen-bond acceptors (Lipinski definition) is 0. The largest absolute Gasteiger partial charge is 0.115 e. The van der Waals surface area contributed by atoms with Crippen LogP contribution in [0.15, 0.2) is 0 Å². The number of hydrogen-bond donors (Lipinski definition) is 0. The van der Waals surface area contributed by atoms with Gasteiger partial charge in [-0.3, -0.25) is 0 Å². The summed E-state index contributed by atoms with van der Waals surface area (Å²) in [4.78, 5) is 0. The van der Waals surface area contributed by atoms with Gasteiger partial charge < -0.3 is 0 Å². The summed E-state index contributed by atoms with van der Waals surface area (Å²) in [7, 11) is 0.508. The summed E-state index contributed by atoms with van der Waals surface area (Å²) in [6, 6.07) is 0. The Morgan fingerprint density at radius 3 is 1.95 bits per heavy atom. The molecule has 0 heterocycles. The number of rotatable bonds is 10. The molecule has 0 rings (SSSR count). The molecule has 116 valence electrons. The maximum absolute atomic E-state index is 2.58. The van der Waals surface area contributed by atoms with Crippen molar-refractivity contribution in [1.29, 1.82) is 0 Å². The lowest BCUT2D eigenvalue weighted by Gasteiger charge is -2.32. The molecule has 0 radical (unpaired) electrons. The molecule has 2 heteroatoms. The summed E-state index contributed by atoms with van der Waals surface area (Å²) in [5.74, 6) is 1.74. The highest BCUT2D eigenvalue weighted by atomic mass is 31.2. The molecule has 0 N–H and O–H groups in total. The summed E-state index contributed by atoms with van der Waals surface area (Å²) in [5.41, 5.74) is 2.01. The summed E-state index contributed by atoms with van der Waals surface area (Å²) in [5, 5.41) is 0. The van der Waals surface area contributed by atoms with E-state index in [1.165, 1.54) is 40.2 Å². The average molecular weight is 305 g/mol. The van der Waals surface area contributed by atoms with Crippen molar-refractivity contribution in [2.75, 3.05) is 25.7 Å². The molecule has 0 fully saturated rings. The first-order chi connectivity index (χ1) is 8.74. The summed E-state index contributed by atoms with van der Waals surface area (Å²) in [6.45, 7) is 19.6. The monoisotopic (exact) mass is 305 g/mol. The van der Waals surface area contributed by atoms with Crippen molar-refractivity contribution in [2.24, 2.45) is 11.8 Å². The molecule has 0 nitrogen and oxygen atoms in total. The Morgan fingerprint density at radius 1 is 1.00 bits per heavy atom. The van der Waals surface area contributed by atoms with Crippen molar-refractivity contribution >= 4 is 15.8 Å². The maximum atomic E-state index is 2.58. The van der Waals surface area contributed by atoms with Gasteiger partial charge in [-0.25, -0.2) is 0 Å². The van der Waals surface area contributed by atoms with Gasteiger partial charge in [0.15, 0.2) is 0 Å². The van der Waals surface area contributed by atoms with Gasteiger partial charge in [0.05, 0.1) is 11.8 Å². The fraction of sp³-hybridized carbons (Fsp3) is 1.00. The van der Waals surface area contributed by atoms with Crippen LogP contribution in [0.1, 0.15) is 60.8 Å². The molecular formula is C17H39P2+. The van der Waals surface area contributed by atoms with Crippen LogP contribution in [-0.4, -0.2) is 37.0 Å². The van der Waals surface area contributed by atoms with Crippen molar-refractivity contribution in [2.45, 2.75) is 72.1 Å². The van der Waals surface area contributed by atoms with Crippen molar-refractivity contribution in [1.82, 2.24) is 0 Å². The quantitative estimate of drug-likeness (QED) is 0.421. The SMILES string of the molecule is CCCC(CC(C)C)PCC(C(C)C)[P+](C)(C)CC. The zero-order valence-electron chi connectivity index (χ0n) is 14.8. The molecule has 0 aliphatic carbocycles. The molecule has 0 aliphatic rings. The maximum Gasteiger partial charge on any atom is 0.0751 e. The van der Waals surface area contributed by atoms with Crippen LogP contribution in [0.5, 0.6) is 0 Å². The molecule has 0 aromatic carbocycles. The Balaban J connectivity index is 4.50. The second kappa shape index (κ2) is 9.73. The van der Waals surface area contributed by atoms with E-state index in [4.69, 9.17) is 0 Å². The highest BCUT2D eigenvalue weighted by molar-refractivity contribution is 7.75. The molecule has 0 aromatic heterocycles. The van der Waals surface area contributed by atoms with Gasteiger partial charge in [-0.15, -0.1) is 8.58 Å². The van der Waals surface area contributed by atoms with E-state index in [0.29, 0.717) is 0 Å². The predicted molar refractivity (Wildman–Crippen MR) is 99.3 cm³/mol. The van der Waals surface area contributed by atoms with Crippen LogP contribution in [0.3, 0.4) is 0 Å². The topological polar surface area (TPSA) is 0 Å². The fourth-order valence-electron chi connectivity index (χ4n) is 3.03. The first-order valence-corrected chi connectivity index (χ1v) is 12.5. The molecule has 3 atom stereocenters. The van der Waals surface area contributed by atoms with Gasteiger partial charge in [0, 0.05) is 26.8 Å². The Bertz CT molecular complexity index is 221. The van der Waals surface area contributed by atoms with Gasteiger partial charge in [-0.05, 0) is 37.3 Å². The molecule has 3 unspecified atom stereocenters. The highest BCUT2D eigenvalue weighted by Gasteiger charge is 2.36. The van der Waals surface area contributed by atoms with Crippen LogP contribution in [0.2, 0.25) is 0 Å². The van der Waals surface area contributed by atoms with E-state index in [9.17, 15) is 0 Å². The Morgan fingerprint density at radius 2 is 1.58 bits per heavy atom. The van der Waals surface area contributed by atoms with Gasteiger partial charge in [-0.1, -0.05) is 41.0 Å². The van der Waals surface area contributed by atoms with E-state index in [2.05, 4.69) is 54.9 Å². The third-order valence-corrected chi connectivity index (χ3v) is 10.8. The zero-order valence-corrected chi connectivity index (χ0v) is 16.7. The molecular weight excluding hydrogens is 266 g/mol. The molecule has 0 saturated heterocycles. The minimum absolute atomic E-state index is 0.692. The van der Waals surface area contributed by atoms with E-state index in [0.717, 1.165) is 23.2 Å². The Labute approximate surface area is 126 Å². The van der Waals surface area contributed by atoms with Crippen LogP contribution >= 0.6 is 15.8 Å². The van der Waals surface area contributed by atoms with Crippen LogP contribution in [-0.2, 0) is 0 Å². The molecule has 0 aliphatic heterocycles. The second-order valence-corrected chi connectivity index (χ2v) is 13.9. The van der Waals surface area contributed by atoms with Gasteiger partial charge in [-0.2, -0.15) is 0 Å². The molecule has 0 aromatic rings. The van der Waals surface area contributed by atoms with Crippen molar-refractivity contribution < 1.29 is 0 Å². The average Bonchev–Trinajstić information content (AvgIpc) is 2.27. The lowest BCUT2D eigenvalue weighted by Crippen LogP contribution is -2.24. The highest BCUT2D eigenvalue weighted by Crippen LogP contribution is 2.59. The molecule has 0 amide bonds. The van der Waals surface area contributed by atoms with E-state index in [1.807, 2.05) is 0 Å². The van der Waals surface area contributed by atoms with Gasteiger partial charge >= 0.3 is 0 Å². The van der Waals surface area contributed by atoms with Gasteiger partial charge in [0.2, 0.25) is 0 Å². The lowest BCUT2D eigenvalue weighted by molar-refractivity contribution is 0.541. The molecule has 19 heavy (non-hydrogen) atoms. The van der Waals surface area contributed by atoms with E-state index in [1.54, 1.807) is 0 Å². The summed E-state index contributed by atoms with van der Waals surface area (Å²) >= 11 is 0. The van der Waals surface area contributed by atoms with E-state index >= 15 is 0 Å². The van der Waals surface area contributed by atoms with Crippen LogP contribution < -0.4 is 0 Å². The van der Waals surface area contributed by atoms with Gasteiger partial charge in [0.1, 0.15) is 0 Å². The normalized spacial score (nSPS) is 16.7. The van der Waals surface area contributed by atoms with Crippen LogP contribution in [0.25, 0.3) is 0 Å². The van der Waals surface area contributed by atoms with Gasteiger partial charge in [0.25, 0.3) is 0 Å². The zero-order chi connectivity index (χ0) is 15.1. The third-order valence-electron chi connectivity index (χ3n) is 4.49. The Hall–Kier alpha value is 0.860. The first-order valence-electron chi connectivity index (χ1n) is 8.30. The van der Waals surface area contributed by atoms with E-state index < -0.39 is 7.26 Å². The Kier molecular flexibility index (Phi) is 10.2. The van der Waals surface area contributed by atoms with E-state index in [-0.39, 0.29) is 0 Å². The summed E-state index contributed by atoms with van der Waals surface area (Å²) < 4.78 is 0. The minimum atomic E-state index is -0.692. The third kappa shape index (κ3) is 8.02. The lowest BCUT2D eigenvalue weighted by atomic mass is 10.1. The molecule has 0 saturated carbocycles. The minimum Gasteiger partial charge on any atom is -0.115 e. The summed E-state index contributed by atoms with van der Waals surface area (Å²) in [6.07, 6.45) is 7.18. The van der Waals surface area contributed by atoms with Crippen molar-refractivity contribution in [3.63, 3.8) is 0 Å². The molecule has 0 bridgehead atoms. The predicted octanol–water partition coefficient (Wildman–Crippen LogP) is 6.20. The van der Waals surface area contributed by atoms with Crippen LogP contribution in [0, 0.1) is 11.8 Å². The standard InChI is InChI=1S/C17H39P2/c1-9-11-16(12-14(3)4)18-13-17(15(5)6)19(7,8)10-2/h14-18H,9-13H2,1-8H3/q+1. The van der Waals surface area contributed by atoms with Crippen LogP contribution in [0.4, 0.5) is 0 Å². The van der Waals surface area contributed by atoms with Crippen molar-refractivity contribution in [3.05, 3.63) is 0 Å². The second-order valence-electron chi connectivity index (χ2n) is 7.43.